The first kappa shape index (κ1) is 9.75. The van der Waals surface area contributed by atoms with E-state index < -0.39 is 4.92 Å². The SMILES string of the molecule is [N-]=[N+]=Nc1ccc([N+](=O)[O-])cc1I. The van der Waals surface area contributed by atoms with Crippen molar-refractivity contribution in [3.63, 3.8) is 0 Å². The van der Waals surface area contributed by atoms with Gasteiger partial charge < -0.3 is 0 Å². The van der Waals surface area contributed by atoms with Gasteiger partial charge in [0.05, 0.1) is 10.6 Å². The Labute approximate surface area is 86.5 Å². The Kier molecular flexibility index (Phi) is 3.04. The fourth-order valence-electron chi connectivity index (χ4n) is 0.739. The molecule has 0 atom stereocenters. The summed E-state index contributed by atoms with van der Waals surface area (Å²) in [5.74, 6) is 0. The van der Waals surface area contributed by atoms with Gasteiger partial charge >= 0.3 is 0 Å². The van der Waals surface area contributed by atoms with Crippen molar-refractivity contribution < 1.29 is 4.92 Å². The van der Waals surface area contributed by atoms with Crippen LogP contribution in [0.15, 0.2) is 23.3 Å². The lowest BCUT2D eigenvalue weighted by Crippen LogP contribution is -1.87. The monoisotopic (exact) mass is 290 g/mol. The molecule has 0 aliphatic carbocycles. The lowest BCUT2D eigenvalue weighted by Gasteiger charge is -1.95. The maximum atomic E-state index is 10.3. The van der Waals surface area contributed by atoms with Crippen molar-refractivity contribution in [3.05, 3.63) is 42.3 Å². The van der Waals surface area contributed by atoms with E-state index in [1.807, 2.05) is 22.6 Å². The van der Waals surface area contributed by atoms with Crippen LogP contribution in [0.25, 0.3) is 10.4 Å². The molecule has 0 heterocycles. The lowest BCUT2D eigenvalue weighted by molar-refractivity contribution is -0.384. The topological polar surface area (TPSA) is 91.9 Å². The zero-order valence-corrected chi connectivity index (χ0v) is 8.37. The van der Waals surface area contributed by atoms with Crippen molar-refractivity contribution in [1.29, 1.82) is 0 Å². The molecular formula is C6H3IN4O2. The normalized spacial score (nSPS) is 9.00. The molecule has 0 aromatic heterocycles. The van der Waals surface area contributed by atoms with E-state index in [1.54, 1.807) is 0 Å². The molecule has 1 aromatic rings. The molecule has 0 fully saturated rings. The highest BCUT2D eigenvalue weighted by atomic mass is 127. The minimum absolute atomic E-state index is 0.0127. The summed E-state index contributed by atoms with van der Waals surface area (Å²) in [5, 5.41) is 13.7. The Hall–Kier alpha value is -1.34. The van der Waals surface area contributed by atoms with Crippen LogP contribution < -0.4 is 0 Å². The average Bonchev–Trinajstić information content (AvgIpc) is 2.08. The molecule has 1 aromatic carbocycles. The number of non-ortho nitro benzene ring substituents is 1. The Morgan fingerprint density at radius 2 is 2.31 bits per heavy atom. The standard InChI is InChI=1S/C6H3IN4O2/c7-5-3-4(11(12)13)1-2-6(5)9-10-8/h1-3H. The van der Waals surface area contributed by atoms with Gasteiger partial charge in [-0.05, 0) is 34.2 Å². The summed E-state index contributed by atoms with van der Waals surface area (Å²) in [5.41, 5.74) is 8.53. The smallest absolute Gasteiger partial charge is 0.258 e. The Bertz CT molecular complexity index is 400. The summed E-state index contributed by atoms with van der Waals surface area (Å²) in [4.78, 5) is 12.4. The minimum atomic E-state index is -0.498. The van der Waals surface area contributed by atoms with Crippen molar-refractivity contribution in [2.75, 3.05) is 0 Å². The number of nitrogens with zero attached hydrogens (tertiary/aromatic N) is 4. The fourth-order valence-corrected chi connectivity index (χ4v) is 1.35. The second kappa shape index (κ2) is 4.06. The summed E-state index contributed by atoms with van der Waals surface area (Å²) in [6.07, 6.45) is 0. The Morgan fingerprint density at radius 3 is 2.77 bits per heavy atom. The van der Waals surface area contributed by atoms with E-state index in [4.69, 9.17) is 5.53 Å². The number of nitro benzene ring substituents is 1. The number of benzene rings is 1. The van der Waals surface area contributed by atoms with Crippen molar-refractivity contribution in [2.45, 2.75) is 0 Å². The van der Waals surface area contributed by atoms with Crippen LogP contribution in [0.3, 0.4) is 0 Å². The summed E-state index contributed by atoms with van der Waals surface area (Å²) in [6, 6.07) is 4.07. The van der Waals surface area contributed by atoms with Gasteiger partial charge in [0, 0.05) is 20.6 Å². The Morgan fingerprint density at radius 1 is 1.62 bits per heavy atom. The van der Waals surface area contributed by atoms with Crippen molar-refractivity contribution >= 4 is 34.0 Å². The van der Waals surface area contributed by atoms with E-state index in [9.17, 15) is 10.1 Å². The molecule has 0 saturated heterocycles. The van der Waals surface area contributed by atoms with Crippen molar-refractivity contribution in [2.24, 2.45) is 5.11 Å². The molecule has 0 unspecified atom stereocenters. The molecule has 0 aliphatic heterocycles. The predicted molar refractivity (Wildman–Crippen MR) is 54.6 cm³/mol. The molecule has 0 bridgehead atoms. The van der Waals surface area contributed by atoms with E-state index in [0.29, 0.717) is 9.26 Å². The molecule has 0 saturated carbocycles. The molecule has 13 heavy (non-hydrogen) atoms. The van der Waals surface area contributed by atoms with Gasteiger partial charge in [0.25, 0.3) is 5.69 Å². The number of azide groups is 1. The van der Waals surface area contributed by atoms with Crippen LogP contribution in [-0.4, -0.2) is 4.92 Å². The summed E-state index contributed by atoms with van der Waals surface area (Å²) in [6.45, 7) is 0. The van der Waals surface area contributed by atoms with E-state index in [2.05, 4.69) is 10.0 Å². The van der Waals surface area contributed by atoms with Gasteiger partial charge in [0.1, 0.15) is 0 Å². The van der Waals surface area contributed by atoms with E-state index in [-0.39, 0.29) is 5.69 Å². The quantitative estimate of drug-likeness (QED) is 0.209. The first-order valence-corrected chi connectivity index (χ1v) is 4.22. The van der Waals surface area contributed by atoms with E-state index >= 15 is 0 Å². The van der Waals surface area contributed by atoms with Crippen molar-refractivity contribution in [1.82, 2.24) is 0 Å². The minimum Gasteiger partial charge on any atom is -0.258 e. The number of hydrogen-bond acceptors (Lipinski definition) is 3. The van der Waals surface area contributed by atoms with Crippen LogP contribution in [-0.2, 0) is 0 Å². The third-order valence-corrected chi connectivity index (χ3v) is 2.16. The summed E-state index contributed by atoms with van der Waals surface area (Å²) < 4.78 is 0.560. The first-order valence-electron chi connectivity index (χ1n) is 3.14. The van der Waals surface area contributed by atoms with Gasteiger partial charge in [-0.25, -0.2) is 0 Å². The maximum absolute atomic E-state index is 10.3. The van der Waals surface area contributed by atoms with Gasteiger partial charge in [0.15, 0.2) is 0 Å². The molecule has 0 amide bonds. The van der Waals surface area contributed by atoms with Crippen molar-refractivity contribution in [3.8, 4) is 0 Å². The van der Waals surface area contributed by atoms with Crippen LogP contribution in [0.5, 0.6) is 0 Å². The average molecular weight is 290 g/mol. The van der Waals surface area contributed by atoms with Gasteiger partial charge in [-0.1, -0.05) is 5.11 Å². The number of hydrogen-bond donors (Lipinski definition) is 0. The first-order chi connectivity index (χ1) is 6.15. The van der Waals surface area contributed by atoms with Crippen LogP contribution in [0.1, 0.15) is 0 Å². The molecule has 0 radical (unpaired) electrons. The number of rotatable bonds is 2. The molecule has 0 N–H and O–H groups in total. The number of halogens is 1. The maximum Gasteiger partial charge on any atom is 0.270 e. The zero-order valence-electron chi connectivity index (χ0n) is 6.22. The lowest BCUT2D eigenvalue weighted by atomic mass is 10.3. The van der Waals surface area contributed by atoms with Gasteiger partial charge in [-0.15, -0.1) is 0 Å². The third-order valence-electron chi connectivity index (χ3n) is 1.29. The molecule has 0 spiro atoms. The third kappa shape index (κ3) is 2.30. The number of nitro groups is 1. The fraction of sp³-hybridized carbons (Fsp3) is 0. The molecule has 6 nitrogen and oxygen atoms in total. The summed E-state index contributed by atoms with van der Waals surface area (Å²) in [7, 11) is 0. The largest absolute Gasteiger partial charge is 0.270 e. The van der Waals surface area contributed by atoms with E-state index in [1.165, 1.54) is 18.2 Å². The van der Waals surface area contributed by atoms with E-state index in [0.717, 1.165) is 0 Å². The van der Waals surface area contributed by atoms with Crippen LogP contribution in [0.4, 0.5) is 11.4 Å². The van der Waals surface area contributed by atoms with Crippen LogP contribution in [0, 0.1) is 13.7 Å². The molecular weight excluding hydrogens is 287 g/mol. The molecule has 1 rings (SSSR count). The summed E-state index contributed by atoms with van der Waals surface area (Å²) >= 11 is 1.87. The molecule has 0 aliphatic rings. The van der Waals surface area contributed by atoms with Gasteiger partial charge in [0.2, 0.25) is 0 Å². The van der Waals surface area contributed by atoms with Crippen LogP contribution in [0.2, 0.25) is 0 Å². The van der Waals surface area contributed by atoms with Gasteiger partial charge in [-0.2, -0.15) is 0 Å². The highest BCUT2D eigenvalue weighted by molar-refractivity contribution is 14.1. The molecule has 66 valence electrons. The highest BCUT2D eigenvalue weighted by Gasteiger charge is 2.07. The predicted octanol–water partition coefficient (Wildman–Crippen LogP) is 3.14. The second-order valence-electron chi connectivity index (χ2n) is 2.08. The van der Waals surface area contributed by atoms with Crippen LogP contribution >= 0.6 is 22.6 Å². The Balaban J connectivity index is 3.19. The zero-order chi connectivity index (χ0) is 9.84. The highest BCUT2D eigenvalue weighted by Crippen LogP contribution is 2.25. The second-order valence-corrected chi connectivity index (χ2v) is 3.24. The molecule has 7 heteroatoms. The van der Waals surface area contributed by atoms with Gasteiger partial charge in [-0.3, -0.25) is 10.1 Å².